The minimum atomic E-state index is -0.331. The molecule has 20 heavy (non-hydrogen) atoms. The second kappa shape index (κ2) is 5.89. The summed E-state index contributed by atoms with van der Waals surface area (Å²) in [5.74, 6) is -0.422. The lowest BCUT2D eigenvalue weighted by atomic mass is 10.1. The van der Waals surface area contributed by atoms with E-state index in [-0.39, 0.29) is 11.7 Å². The second-order valence-corrected chi connectivity index (χ2v) is 5.82. The summed E-state index contributed by atoms with van der Waals surface area (Å²) in [6.45, 7) is 7.03. The van der Waals surface area contributed by atoms with Crippen LogP contribution in [-0.2, 0) is 6.54 Å². The fourth-order valence-electron chi connectivity index (χ4n) is 2.80. The molecule has 4 nitrogen and oxygen atoms in total. The Kier molecular flexibility index (Phi) is 4.40. The molecule has 0 aromatic heterocycles. The first-order valence-corrected chi connectivity index (χ1v) is 6.95. The molecule has 0 radical (unpaired) electrons. The summed E-state index contributed by atoms with van der Waals surface area (Å²) in [6.07, 6.45) is 0. The summed E-state index contributed by atoms with van der Waals surface area (Å²) in [5, 5.41) is 7.43. The summed E-state index contributed by atoms with van der Waals surface area (Å²) in [5.41, 5.74) is 6.77. The Balaban J connectivity index is 2.12. The highest BCUT2D eigenvalue weighted by atomic mass is 19.1. The van der Waals surface area contributed by atoms with Gasteiger partial charge >= 0.3 is 0 Å². The summed E-state index contributed by atoms with van der Waals surface area (Å²) < 4.78 is 13.6. The smallest absolute Gasteiger partial charge is 0.124 e. The van der Waals surface area contributed by atoms with Crippen LogP contribution >= 0.6 is 0 Å². The third-order valence-corrected chi connectivity index (χ3v) is 4.11. The number of nitrogen functional groups attached to an aromatic ring is 1. The van der Waals surface area contributed by atoms with Gasteiger partial charge in [-0.1, -0.05) is 0 Å². The number of hydrogen-bond acceptors (Lipinski definition) is 3. The number of halogens is 1. The Morgan fingerprint density at radius 2 is 1.90 bits per heavy atom. The van der Waals surface area contributed by atoms with Crippen LogP contribution in [0.15, 0.2) is 18.2 Å². The van der Waals surface area contributed by atoms with E-state index in [4.69, 9.17) is 11.1 Å². The Morgan fingerprint density at radius 3 is 2.45 bits per heavy atom. The predicted molar refractivity (Wildman–Crippen MR) is 79.4 cm³/mol. The zero-order valence-electron chi connectivity index (χ0n) is 12.4. The first kappa shape index (κ1) is 14.9. The molecule has 1 aliphatic rings. The highest BCUT2D eigenvalue weighted by Gasteiger charge is 2.26. The van der Waals surface area contributed by atoms with Crippen LogP contribution < -0.4 is 5.73 Å². The van der Waals surface area contributed by atoms with E-state index in [9.17, 15) is 4.39 Å². The van der Waals surface area contributed by atoms with Crippen LogP contribution in [0.4, 0.5) is 4.39 Å². The van der Waals surface area contributed by atoms with Gasteiger partial charge in [0.2, 0.25) is 0 Å². The number of amidine groups is 1. The van der Waals surface area contributed by atoms with Crippen molar-refractivity contribution in [1.29, 1.82) is 5.41 Å². The van der Waals surface area contributed by atoms with Gasteiger partial charge in [-0.3, -0.25) is 15.2 Å². The molecule has 1 aromatic rings. The van der Waals surface area contributed by atoms with Crippen molar-refractivity contribution in [2.24, 2.45) is 5.73 Å². The standard InChI is InChI=1S/C15H23FN4/c1-10-7-20(8-11(2)19(10)3)9-12-4-13(15(17)18)6-14(16)5-12/h4-6,10-11H,7-9H2,1-3H3,(H3,17,18). The van der Waals surface area contributed by atoms with E-state index in [1.54, 1.807) is 6.07 Å². The molecule has 1 fully saturated rings. The molecular formula is C15H23FN4. The number of nitrogens with one attached hydrogen (secondary N) is 1. The average molecular weight is 278 g/mol. The Labute approximate surface area is 119 Å². The number of nitrogens with two attached hydrogens (primary N) is 1. The molecule has 0 bridgehead atoms. The molecule has 0 aliphatic carbocycles. The summed E-state index contributed by atoms with van der Waals surface area (Å²) in [7, 11) is 2.14. The molecule has 1 heterocycles. The molecule has 1 saturated heterocycles. The first-order valence-electron chi connectivity index (χ1n) is 6.95. The second-order valence-electron chi connectivity index (χ2n) is 5.82. The lowest BCUT2D eigenvalue weighted by Gasteiger charge is -2.42. The van der Waals surface area contributed by atoms with Gasteiger partial charge in [-0.15, -0.1) is 0 Å². The molecule has 2 unspecified atom stereocenters. The molecule has 0 spiro atoms. The molecule has 0 saturated carbocycles. The normalized spacial score (nSPS) is 24.8. The summed E-state index contributed by atoms with van der Waals surface area (Å²) >= 11 is 0. The van der Waals surface area contributed by atoms with Crippen molar-refractivity contribution in [1.82, 2.24) is 9.80 Å². The van der Waals surface area contributed by atoms with E-state index in [0.717, 1.165) is 18.7 Å². The van der Waals surface area contributed by atoms with Gasteiger partial charge < -0.3 is 5.73 Å². The molecular weight excluding hydrogens is 255 g/mol. The van der Waals surface area contributed by atoms with E-state index in [2.05, 4.69) is 30.7 Å². The monoisotopic (exact) mass is 278 g/mol. The van der Waals surface area contributed by atoms with E-state index < -0.39 is 0 Å². The maximum atomic E-state index is 13.6. The zero-order valence-corrected chi connectivity index (χ0v) is 12.4. The van der Waals surface area contributed by atoms with Crippen LogP contribution in [-0.4, -0.2) is 47.9 Å². The number of piperazine rings is 1. The van der Waals surface area contributed by atoms with Gasteiger partial charge in [0, 0.05) is 37.3 Å². The zero-order chi connectivity index (χ0) is 14.9. The molecule has 3 N–H and O–H groups in total. The van der Waals surface area contributed by atoms with Gasteiger partial charge in [0.05, 0.1) is 0 Å². The molecule has 1 aromatic carbocycles. The third kappa shape index (κ3) is 3.35. The predicted octanol–water partition coefficient (Wildman–Crippen LogP) is 1.63. The third-order valence-electron chi connectivity index (χ3n) is 4.11. The number of nitrogens with zero attached hydrogens (tertiary/aromatic N) is 2. The average Bonchev–Trinajstić information content (AvgIpc) is 2.35. The van der Waals surface area contributed by atoms with Crippen molar-refractivity contribution in [3.63, 3.8) is 0 Å². The Morgan fingerprint density at radius 1 is 1.30 bits per heavy atom. The van der Waals surface area contributed by atoms with Crippen molar-refractivity contribution in [2.75, 3.05) is 20.1 Å². The van der Waals surface area contributed by atoms with Crippen LogP contribution in [0.25, 0.3) is 0 Å². The van der Waals surface area contributed by atoms with Crippen LogP contribution in [0, 0.1) is 11.2 Å². The van der Waals surface area contributed by atoms with Crippen molar-refractivity contribution in [3.05, 3.63) is 35.1 Å². The number of rotatable bonds is 3. The number of hydrogen-bond donors (Lipinski definition) is 2. The van der Waals surface area contributed by atoms with E-state index >= 15 is 0 Å². The maximum Gasteiger partial charge on any atom is 0.124 e. The topological polar surface area (TPSA) is 56.4 Å². The van der Waals surface area contributed by atoms with Gasteiger partial charge in [0.15, 0.2) is 0 Å². The van der Waals surface area contributed by atoms with Crippen molar-refractivity contribution in [2.45, 2.75) is 32.5 Å². The summed E-state index contributed by atoms with van der Waals surface area (Å²) in [6, 6.07) is 5.61. The van der Waals surface area contributed by atoms with Gasteiger partial charge in [0.25, 0.3) is 0 Å². The van der Waals surface area contributed by atoms with Crippen molar-refractivity contribution >= 4 is 5.84 Å². The van der Waals surface area contributed by atoms with Crippen LogP contribution in [0.5, 0.6) is 0 Å². The van der Waals surface area contributed by atoms with E-state index in [1.807, 2.05) is 0 Å². The van der Waals surface area contributed by atoms with Crippen molar-refractivity contribution in [3.8, 4) is 0 Å². The van der Waals surface area contributed by atoms with Gasteiger partial charge in [-0.2, -0.15) is 0 Å². The molecule has 2 rings (SSSR count). The van der Waals surface area contributed by atoms with E-state index in [0.29, 0.717) is 24.2 Å². The first-order chi connectivity index (χ1) is 9.36. The molecule has 110 valence electrons. The van der Waals surface area contributed by atoms with Gasteiger partial charge in [-0.05, 0) is 44.7 Å². The number of benzene rings is 1. The van der Waals surface area contributed by atoms with Crippen LogP contribution in [0.1, 0.15) is 25.0 Å². The highest BCUT2D eigenvalue weighted by molar-refractivity contribution is 5.95. The Bertz CT molecular complexity index is 491. The minimum absolute atomic E-state index is 0.0918. The van der Waals surface area contributed by atoms with Gasteiger partial charge in [0.1, 0.15) is 11.7 Å². The fraction of sp³-hybridized carbons (Fsp3) is 0.533. The summed E-state index contributed by atoms with van der Waals surface area (Å²) in [4.78, 5) is 4.69. The lowest BCUT2D eigenvalue weighted by molar-refractivity contribution is 0.0556. The molecule has 2 atom stereocenters. The SMILES string of the molecule is CC1CN(Cc2cc(F)cc(C(=N)N)c2)CC(C)N1C. The quantitative estimate of drug-likeness (QED) is 0.653. The fourth-order valence-corrected chi connectivity index (χ4v) is 2.80. The highest BCUT2D eigenvalue weighted by Crippen LogP contribution is 2.17. The minimum Gasteiger partial charge on any atom is -0.384 e. The molecule has 5 heteroatoms. The van der Waals surface area contributed by atoms with Crippen molar-refractivity contribution < 1.29 is 4.39 Å². The maximum absolute atomic E-state index is 13.6. The van der Waals surface area contributed by atoms with Crippen LogP contribution in [0.2, 0.25) is 0 Å². The lowest BCUT2D eigenvalue weighted by Crippen LogP contribution is -2.54. The van der Waals surface area contributed by atoms with Crippen LogP contribution in [0.3, 0.4) is 0 Å². The van der Waals surface area contributed by atoms with Gasteiger partial charge in [-0.25, -0.2) is 4.39 Å². The molecule has 1 aliphatic heterocycles. The number of likely N-dealkylation sites (N-methyl/N-ethyl adjacent to an activating group) is 1. The van der Waals surface area contributed by atoms with E-state index in [1.165, 1.54) is 12.1 Å². The largest absolute Gasteiger partial charge is 0.384 e. The Hall–Kier alpha value is -1.46. The molecule has 0 amide bonds.